The van der Waals surface area contributed by atoms with Crippen molar-refractivity contribution in [2.45, 2.75) is 0 Å². The van der Waals surface area contributed by atoms with E-state index in [1.54, 1.807) is 6.07 Å². The number of anilines is 1. The minimum Gasteiger partial charge on any atom is -0.480 e. The van der Waals surface area contributed by atoms with Crippen molar-refractivity contribution in [3.05, 3.63) is 29.3 Å². The van der Waals surface area contributed by atoms with Gasteiger partial charge in [0.1, 0.15) is 12.2 Å². The van der Waals surface area contributed by atoms with Gasteiger partial charge in [-0.2, -0.15) is 5.26 Å². The molecular weight excluding hydrogens is 260 g/mol. The third-order valence-corrected chi connectivity index (χ3v) is 2.03. The SMILES string of the molecule is N#Cc1cc(F)c(NCC(=O)NCC(=O)O)c(F)c1. The predicted molar refractivity (Wildman–Crippen MR) is 60.2 cm³/mol. The van der Waals surface area contributed by atoms with Gasteiger partial charge in [0.05, 0.1) is 18.2 Å². The minimum absolute atomic E-state index is 0.184. The molecule has 0 aliphatic heterocycles. The smallest absolute Gasteiger partial charge is 0.322 e. The Morgan fingerprint density at radius 2 is 1.84 bits per heavy atom. The summed E-state index contributed by atoms with van der Waals surface area (Å²) in [7, 11) is 0. The molecule has 0 unspecified atom stereocenters. The second-order valence-corrected chi connectivity index (χ2v) is 3.45. The third-order valence-electron chi connectivity index (χ3n) is 2.03. The number of amides is 1. The fourth-order valence-electron chi connectivity index (χ4n) is 1.21. The van der Waals surface area contributed by atoms with Crippen LogP contribution < -0.4 is 10.6 Å². The lowest BCUT2D eigenvalue weighted by molar-refractivity contribution is -0.137. The first kappa shape index (κ1) is 14.4. The molecule has 100 valence electrons. The van der Waals surface area contributed by atoms with Crippen molar-refractivity contribution >= 4 is 17.6 Å². The largest absolute Gasteiger partial charge is 0.480 e. The van der Waals surface area contributed by atoms with E-state index in [2.05, 4.69) is 5.32 Å². The van der Waals surface area contributed by atoms with E-state index in [4.69, 9.17) is 10.4 Å². The molecule has 0 spiro atoms. The average Bonchev–Trinajstić information content (AvgIpc) is 2.34. The van der Waals surface area contributed by atoms with Gasteiger partial charge in [0.25, 0.3) is 0 Å². The fraction of sp³-hybridized carbons (Fsp3) is 0.182. The number of halogens is 2. The first-order valence-electron chi connectivity index (χ1n) is 5.05. The van der Waals surface area contributed by atoms with Crippen LogP contribution in [0.15, 0.2) is 12.1 Å². The number of rotatable bonds is 5. The molecule has 1 aromatic rings. The van der Waals surface area contributed by atoms with Crippen LogP contribution in [0.2, 0.25) is 0 Å². The number of carbonyl (C=O) groups is 2. The first-order chi connectivity index (χ1) is 8.93. The average molecular weight is 269 g/mol. The number of aliphatic carboxylic acids is 1. The molecule has 0 aliphatic rings. The monoisotopic (exact) mass is 269 g/mol. The molecule has 19 heavy (non-hydrogen) atoms. The first-order valence-corrected chi connectivity index (χ1v) is 5.05. The Morgan fingerprint density at radius 1 is 1.26 bits per heavy atom. The zero-order valence-electron chi connectivity index (χ0n) is 9.54. The quantitative estimate of drug-likeness (QED) is 0.720. The molecule has 0 bridgehead atoms. The lowest BCUT2D eigenvalue weighted by Gasteiger charge is -2.08. The maximum absolute atomic E-state index is 13.4. The van der Waals surface area contributed by atoms with Crippen LogP contribution in [-0.2, 0) is 9.59 Å². The Morgan fingerprint density at radius 3 is 2.32 bits per heavy atom. The number of hydrogen-bond acceptors (Lipinski definition) is 4. The predicted octanol–water partition coefficient (Wildman–Crippen LogP) is 0.449. The summed E-state index contributed by atoms with van der Waals surface area (Å²) >= 11 is 0. The van der Waals surface area contributed by atoms with Crippen LogP contribution in [0.25, 0.3) is 0 Å². The summed E-state index contributed by atoms with van der Waals surface area (Å²) in [6, 6.07) is 3.22. The summed E-state index contributed by atoms with van der Waals surface area (Å²) in [5, 5.41) is 21.0. The Labute approximate surface area is 106 Å². The molecule has 0 atom stereocenters. The highest BCUT2D eigenvalue weighted by molar-refractivity contribution is 5.84. The van der Waals surface area contributed by atoms with Crippen LogP contribution in [-0.4, -0.2) is 30.1 Å². The van der Waals surface area contributed by atoms with Crippen molar-refractivity contribution in [3.8, 4) is 6.07 Å². The van der Waals surface area contributed by atoms with E-state index in [9.17, 15) is 18.4 Å². The summed E-state index contributed by atoms with van der Waals surface area (Å²) < 4.78 is 26.8. The van der Waals surface area contributed by atoms with Gasteiger partial charge in [-0.15, -0.1) is 0 Å². The molecule has 0 saturated carbocycles. The minimum atomic E-state index is -1.23. The van der Waals surface area contributed by atoms with E-state index in [1.807, 2.05) is 5.32 Å². The van der Waals surface area contributed by atoms with Crippen molar-refractivity contribution in [2.75, 3.05) is 18.4 Å². The van der Waals surface area contributed by atoms with Crippen molar-refractivity contribution in [1.82, 2.24) is 5.32 Å². The summed E-state index contributed by atoms with van der Waals surface area (Å²) in [5.41, 5.74) is -0.736. The molecule has 6 nitrogen and oxygen atoms in total. The van der Waals surface area contributed by atoms with Gasteiger partial charge in [-0.1, -0.05) is 0 Å². The Kier molecular flexibility index (Phi) is 4.76. The lowest BCUT2D eigenvalue weighted by atomic mass is 10.2. The summed E-state index contributed by atoms with van der Waals surface area (Å²) in [5.74, 6) is -3.99. The van der Waals surface area contributed by atoms with Gasteiger partial charge >= 0.3 is 5.97 Å². The van der Waals surface area contributed by atoms with Gasteiger partial charge in [-0.3, -0.25) is 9.59 Å². The Balaban J connectivity index is 2.66. The highest BCUT2D eigenvalue weighted by Gasteiger charge is 2.12. The van der Waals surface area contributed by atoms with Crippen LogP contribution in [0.5, 0.6) is 0 Å². The van der Waals surface area contributed by atoms with E-state index < -0.39 is 42.3 Å². The molecule has 8 heteroatoms. The summed E-state index contributed by atoms with van der Waals surface area (Å²) in [6.07, 6.45) is 0. The number of hydrogen-bond donors (Lipinski definition) is 3. The summed E-state index contributed by atoms with van der Waals surface area (Å²) in [6.45, 7) is -1.08. The number of benzene rings is 1. The van der Waals surface area contributed by atoms with Gasteiger partial charge in [0, 0.05) is 0 Å². The molecule has 1 amide bonds. The number of nitrogens with one attached hydrogen (secondary N) is 2. The van der Waals surface area contributed by atoms with Crippen LogP contribution in [0.1, 0.15) is 5.56 Å². The maximum atomic E-state index is 13.4. The third kappa shape index (κ3) is 4.23. The van der Waals surface area contributed by atoms with Crippen molar-refractivity contribution in [3.63, 3.8) is 0 Å². The molecule has 1 aromatic carbocycles. The van der Waals surface area contributed by atoms with Crippen LogP contribution in [0.4, 0.5) is 14.5 Å². The molecular formula is C11H9F2N3O3. The van der Waals surface area contributed by atoms with Crippen LogP contribution >= 0.6 is 0 Å². The molecule has 0 aliphatic carbocycles. The van der Waals surface area contributed by atoms with Gasteiger partial charge in [0.15, 0.2) is 11.6 Å². The standard InChI is InChI=1S/C11H9F2N3O3/c12-7-1-6(3-14)2-8(13)11(7)16-4-9(17)15-5-10(18)19/h1-2,16H,4-5H2,(H,15,17)(H,18,19). The highest BCUT2D eigenvalue weighted by Crippen LogP contribution is 2.20. The molecule has 3 N–H and O–H groups in total. The molecule has 0 fully saturated rings. The number of carbonyl (C=O) groups excluding carboxylic acids is 1. The van der Waals surface area contributed by atoms with Gasteiger partial charge < -0.3 is 15.7 Å². The van der Waals surface area contributed by atoms with E-state index in [0.29, 0.717) is 0 Å². The Bertz CT molecular complexity index is 532. The fourth-order valence-corrected chi connectivity index (χ4v) is 1.21. The lowest BCUT2D eigenvalue weighted by Crippen LogP contribution is -2.34. The second-order valence-electron chi connectivity index (χ2n) is 3.45. The molecule has 0 radical (unpaired) electrons. The summed E-state index contributed by atoms with van der Waals surface area (Å²) in [4.78, 5) is 21.3. The van der Waals surface area contributed by atoms with E-state index in [1.165, 1.54) is 0 Å². The maximum Gasteiger partial charge on any atom is 0.322 e. The van der Waals surface area contributed by atoms with Crippen molar-refractivity contribution in [2.24, 2.45) is 0 Å². The number of carboxylic acid groups (broad SMARTS) is 1. The van der Waals surface area contributed by atoms with Crippen molar-refractivity contribution < 1.29 is 23.5 Å². The van der Waals surface area contributed by atoms with Crippen LogP contribution in [0.3, 0.4) is 0 Å². The number of carboxylic acids is 1. The highest BCUT2D eigenvalue weighted by atomic mass is 19.1. The normalized spacial score (nSPS) is 9.53. The molecule has 1 rings (SSSR count). The zero-order valence-corrected chi connectivity index (χ0v) is 9.54. The van der Waals surface area contributed by atoms with Crippen LogP contribution in [0, 0.1) is 23.0 Å². The molecule has 0 saturated heterocycles. The Hall–Kier alpha value is -2.69. The zero-order chi connectivity index (χ0) is 14.4. The number of nitriles is 1. The van der Waals surface area contributed by atoms with Gasteiger partial charge in [0.2, 0.25) is 5.91 Å². The second kappa shape index (κ2) is 6.30. The molecule has 0 heterocycles. The molecule has 0 aromatic heterocycles. The van der Waals surface area contributed by atoms with E-state index in [-0.39, 0.29) is 5.56 Å². The van der Waals surface area contributed by atoms with Gasteiger partial charge in [-0.05, 0) is 12.1 Å². The van der Waals surface area contributed by atoms with Crippen molar-refractivity contribution in [1.29, 1.82) is 5.26 Å². The van der Waals surface area contributed by atoms with E-state index >= 15 is 0 Å². The van der Waals surface area contributed by atoms with E-state index in [0.717, 1.165) is 12.1 Å². The van der Waals surface area contributed by atoms with Gasteiger partial charge in [-0.25, -0.2) is 8.78 Å². The number of nitrogens with zero attached hydrogens (tertiary/aromatic N) is 1. The topological polar surface area (TPSA) is 102 Å².